The predicted octanol–water partition coefficient (Wildman–Crippen LogP) is 1.19. The lowest BCUT2D eigenvalue weighted by molar-refractivity contribution is 0.0924. The summed E-state index contributed by atoms with van der Waals surface area (Å²) in [5.74, 6) is -0.193. The third-order valence-corrected chi connectivity index (χ3v) is 2.51. The minimum Gasteiger partial charge on any atom is -0.392 e. The van der Waals surface area contributed by atoms with Crippen LogP contribution in [0.5, 0.6) is 0 Å². The first-order valence-corrected chi connectivity index (χ1v) is 5.72. The van der Waals surface area contributed by atoms with Crippen LogP contribution in [0.1, 0.15) is 17.3 Å². The Labute approximate surface area is 105 Å². The largest absolute Gasteiger partial charge is 0.392 e. The third kappa shape index (κ3) is 2.95. The van der Waals surface area contributed by atoms with Gasteiger partial charge in [-0.25, -0.2) is 0 Å². The van der Waals surface area contributed by atoms with Crippen molar-refractivity contribution >= 4 is 5.91 Å². The molecule has 1 aromatic heterocycles. The van der Waals surface area contributed by atoms with Crippen LogP contribution in [0, 0.1) is 0 Å². The molecule has 0 aliphatic carbocycles. The molecule has 0 saturated heterocycles. The van der Waals surface area contributed by atoms with Crippen LogP contribution in [-0.2, 0) is 0 Å². The summed E-state index contributed by atoms with van der Waals surface area (Å²) in [6.07, 6.45) is 2.92. The van der Waals surface area contributed by atoms with E-state index in [1.165, 1.54) is 0 Å². The van der Waals surface area contributed by atoms with Gasteiger partial charge >= 0.3 is 0 Å². The molecule has 5 nitrogen and oxygen atoms in total. The van der Waals surface area contributed by atoms with Crippen molar-refractivity contribution in [1.29, 1.82) is 0 Å². The summed E-state index contributed by atoms with van der Waals surface area (Å²) in [6.45, 7) is 1.87. The van der Waals surface area contributed by atoms with E-state index in [2.05, 4.69) is 15.5 Å². The number of nitrogens with zero attached hydrogens (tertiary/aromatic N) is 1. The molecule has 2 aromatic rings. The topological polar surface area (TPSA) is 78.0 Å². The maximum absolute atomic E-state index is 11.8. The van der Waals surface area contributed by atoms with Crippen molar-refractivity contribution < 1.29 is 9.90 Å². The number of amides is 1. The molecule has 94 valence electrons. The molecule has 1 atom stereocenters. The van der Waals surface area contributed by atoms with Crippen LogP contribution < -0.4 is 5.32 Å². The van der Waals surface area contributed by atoms with Crippen molar-refractivity contribution in [2.24, 2.45) is 0 Å². The van der Waals surface area contributed by atoms with Crippen molar-refractivity contribution in [2.75, 3.05) is 6.54 Å². The fourth-order valence-corrected chi connectivity index (χ4v) is 1.59. The van der Waals surface area contributed by atoms with E-state index in [-0.39, 0.29) is 12.5 Å². The fourth-order valence-electron chi connectivity index (χ4n) is 1.59. The zero-order valence-corrected chi connectivity index (χ0v) is 10.1. The van der Waals surface area contributed by atoms with Crippen LogP contribution in [0.25, 0.3) is 11.1 Å². The van der Waals surface area contributed by atoms with E-state index in [0.717, 1.165) is 11.1 Å². The summed E-state index contributed by atoms with van der Waals surface area (Å²) in [7, 11) is 0. The third-order valence-electron chi connectivity index (χ3n) is 2.51. The number of aliphatic hydroxyl groups excluding tert-OH is 1. The highest BCUT2D eigenvalue weighted by Gasteiger charge is 2.08. The van der Waals surface area contributed by atoms with Gasteiger partial charge in [-0.2, -0.15) is 5.10 Å². The van der Waals surface area contributed by atoms with Gasteiger partial charge in [0.2, 0.25) is 0 Å². The second-order valence-corrected chi connectivity index (χ2v) is 4.13. The summed E-state index contributed by atoms with van der Waals surface area (Å²) < 4.78 is 0. The van der Waals surface area contributed by atoms with Gasteiger partial charge < -0.3 is 10.4 Å². The molecule has 0 aliphatic rings. The number of rotatable bonds is 4. The number of benzene rings is 1. The molecule has 1 aromatic carbocycles. The molecule has 18 heavy (non-hydrogen) atoms. The second kappa shape index (κ2) is 5.46. The number of carbonyl (C=O) groups excluding carboxylic acids is 1. The van der Waals surface area contributed by atoms with E-state index in [0.29, 0.717) is 5.56 Å². The summed E-state index contributed by atoms with van der Waals surface area (Å²) >= 11 is 0. The van der Waals surface area contributed by atoms with E-state index in [1.54, 1.807) is 31.5 Å². The molecular weight excluding hydrogens is 230 g/mol. The van der Waals surface area contributed by atoms with Crippen molar-refractivity contribution in [3.63, 3.8) is 0 Å². The Morgan fingerprint density at radius 1 is 1.50 bits per heavy atom. The van der Waals surface area contributed by atoms with Gasteiger partial charge in [-0.1, -0.05) is 12.1 Å². The van der Waals surface area contributed by atoms with Gasteiger partial charge in [-0.3, -0.25) is 9.89 Å². The highest BCUT2D eigenvalue weighted by Crippen LogP contribution is 2.18. The number of hydrogen-bond acceptors (Lipinski definition) is 3. The molecule has 0 radical (unpaired) electrons. The molecule has 1 heterocycles. The summed E-state index contributed by atoms with van der Waals surface area (Å²) in [5, 5.41) is 18.4. The van der Waals surface area contributed by atoms with Gasteiger partial charge in [0, 0.05) is 23.9 Å². The summed E-state index contributed by atoms with van der Waals surface area (Å²) in [4.78, 5) is 11.8. The Hall–Kier alpha value is -2.14. The molecule has 0 bridgehead atoms. The highest BCUT2D eigenvalue weighted by molar-refractivity contribution is 5.95. The van der Waals surface area contributed by atoms with Gasteiger partial charge in [0.05, 0.1) is 12.3 Å². The number of aromatic nitrogens is 2. The first kappa shape index (κ1) is 12.3. The van der Waals surface area contributed by atoms with E-state index < -0.39 is 6.10 Å². The first-order valence-electron chi connectivity index (χ1n) is 5.72. The maximum Gasteiger partial charge on any atom is 0.251 e. The summed E-state index contributed by atoms with van der Waals surface area (Å²) in [5.41, 5.74) is 2.42. The Kier molecular flexibility index (Phi) is 3.74. The lowest BCUT2D eigenvalue weighted by Crippen LogP contribution is -2.30. The van der Waals surface area contributed by atoms with Gasteiger partial charge in [0.15, 0.2) is 0 Å². The Morgan fingerprint density at radius 2 is 2.33 bits per heavy atom. The molecule has 0 fully saturated rings. The first-order chi connectivity index (χ1) is 8.66. The number of carbonyl (C=O) groups is 1. The number of H-pyrrole nitrogens is 1. The van der Waals surface area contributed by atoms with Gasteiger partial charge in [0.25, 0.3) is 5.91 Å². The van der Waals surface area contributed by atoms with Crippen molar-refractivity contribution in [3.05, 3.63) is 42.2 Å². The maximum atomic E-state index is 11.8. The van der Waals surface area contributed by atoms with Crippen LogP contribution in [0.15, 0.2) is 36.7 Å². The molecule has 0 saturated carbocycles. The zero-order chi connectivity index (χ0) is 13.0. The number of nitrogens with one attached hydrogen (secondary N) is 2. The molecule has 0 aliphatic heterocycles. The molecule has 3 N–H and O–H groups in total. The number of hydrogen-bond donors (Lipinski definition) is 3. The minimum atomic E-state index is -0.550. The van der Waals surface area contributed by atoms with E-state index in [1.807, 2.05) is 12.1 Å². The van der Waals surface area contributed by atoms with Gasteiger partial charge in [-0.15, -0.1) is 0 Å². The number of aliphatic hydroxyl groups is 1. The predicted molar refractivity (Wildman–Crippen MR) is 68.0 cm³/mol. The van der Waals surface area contributed by atoms with E-state index >= 15 is 0 Å². The molecule has 2 rings (SSSR count). The molecule has 5 heteroatoms. The zero-order valence-electron chi connectivity index (χ0n) is 10.1. The van der Waals surface area contributed by atoms with Crippen LogP contribution in [0.3, 0.4) is 0 Å². The van der Waals surface area contributed by atoms with Gasteiger partial charge in [0.1, 0.15) is 0 Å². The van der Waals surface area contributed by atoms with E-state index in [4.69, 9.17) is 5.11 Å². The fraction of sp³-hybridized carbons (Fsp3) is 0.231. The quantitative estimate of drug-likeness (QED) is 0.757. The minimum absolute atomic E-state index is 0.193. The van der Waals surface area contributed by atoms with Gasteiger partial charge in [-0.05, 0) is 24.6 Å². The normalized spacial score (nSPS) is 12.1. The Morgan fingerprint density at radius 3 is 3.00 bits per heavy atom. The van der Waals surface area contributed by atoms with Crippen LogP contribution >= 0.6 is 0 Å². The lowest BCUT2D eigenvalue weighted by atomic mass is 10.1. The highest BCUT2D eigenvalue weighted by atomic mass is 16.3. The average Bonchev–Trinajstić information content (AvgIpc) is 2.90. The molecule has 1 amide bonds. The number of aromatic amines is 1. The monoisotopic (exact) mass is 245 g/mol. The van der Waals surface area contributed by atoms with Crippen molar-refractivity contribution in [3.8, 4) is 11.1 Å². The van der Waals surface area contributed by atoms with Crippen molar-refractivity contribution in [2.45, 2.75) is 13.0 Å². The SMILES string of the molecule is CC(O)CNC(=O)c1cccc(-c2cn[nH]c2)c1. The lowest BCUT2D eigenvalue weighted by Gasteiger charge is -2.07. The Balaban J connectivity index is 2.15. The summed E-state index contributed by atoms with van der Waals surface area (Å²) in [6, 6.07) is 7.26. The standard InChI is InChI=1S/C13H15N3O2/c1-9(17)6-14-13(18)11-4-2-3-10(5-11)12-7-15-16-8-12/h2-5,7-9,17H,6H2,1H3,(H,14,18)(H,15,16). The smallest absolute Gasteiger partial charge is 0.251 e. The average molecular weight is 245 g/mol. The van der Waals surface area contributed by atoms with E-state index in [9.17, 15) is 4.79 Å². The molecular formula is C13H15N3O2. The molecule has 1 unspecified atom stereocenters. The second-order valence-electron chi connectivity index (χ2n) is 4.13. The van der Waals surface area contributed by atoms with Crippen LogP contribution in [-0.4, -0.2) is 33.9 Å². The van der Waals surface area contributed by atoms with Crippen molar-refractivity contribution in [1.82, 2.24) is 15.5 Å². The van der Waals surface area contributed by atoms with Crippen LogP contribution in [0.4, 0.5) is 0 Å². The Bertz CT molecular complexity index is 521. The molecule has 0 spiro atoms. The van der Waals surface area contributed by atoms with Crippen LogP contribution in [0.2, 0.25) is 0 Å².